The van der Waals surface area contributed by atoms with Gasteiger partial charge in [-0.1, -0.05) is 27.2 Å². The minimum absolute atomic E-state index is 0.296. The van der Waals surface area contributed by atoms with E-state index in [1.165, 1.54) is 46.3 Å². The van der Waals surface area contributed by atoms with Crippen molar-refractivity contribution in [3.05, 3.63) is 16.3 Å². The Morgan fingerprint density at radius 2 is 1.83 bits per heavy atom. The molecule has 0 aromatic carbocycles. The maximum absolute atomic E-state index is 12.3. The van der Waals surface area contributed by atoms with E-state index in [1.807, 2.05) is 16.2 Å². The van der Waals surface area contributed by atoms with Gasteiger partial charge in [0.2, 0.25) is 5.91 Å². The van der Waals surface area contributed by atoms with Gasteiger partial charge in [0.05, 0.1) is 5.39 Å². The zero-order valence-corrected chi connectivity index (χ0v) is 19.0. The van der Waals surface area contributed by atoms with E-state index in [4.69, 9.17) is 9.97 Å². The van der Waals surface area contributed by atoms with Gasteiger partial charge in [-0.15, -0.1) is 11.3 Å². The van der Waals surface area contributed by atoms with Gasteiger partial charge < -0.3 is 9.80 Å². The minimum Gasteiger partial charge on any atom is -0.352 e. The van der Waals surface area contributed by atoms with Gasteiger partial charge in [-0.3, -0.25) is 4.79 Å². The summed E-state index contributed by atoms with van der Waals surface area (Å²) in [5.74, 6) is 2.78. The lowest BCUT2D eigenvalue weighted by atomic mass is 10.1. The molecule has 5 nitrogen and oxygen atoms in total. The third-order valence-electron chi connectivity index (χ3n) is 6.51. The molecule has 6 heteroatoms. The zero-order chi connectivity index (χ0) is 20.4. The Morgan fingerprint density at radius 1 is 1.07 bits per heavy atom. The Balaban J connectivity index is 1.70. The van der Waals surface area contributed by atoms with Gasteiger partial charge in [0.25, 0.3) is 0 Å². The van der Waals surface area contributed by atoms with Crippen LogP contribution in [0.1, 0.15) is 81.5 Å². The molecule has 0 N–H and O–H groups in total. The van der Waals surface area contributed by atoms with Crippen LogP contribution < -0.4 is 4.90 Å². The molecule has 1 atom stereocenters. The summed E-state index contributed by atoms with van der Waals surface area (Å²) in [7, 11) is 0. The van der Waals surface area contributed by atoms with E-state index in [-0.39, 0.29) is 0 Å². The Bertz CT molecular complexity index is 869. The molecule has 1 saturated heterocycles. The van der Waals surface area contributed by atoms with Gasteiger partial charge in [-0.2, -0.15) is 0 Å². The Kier molecular flexibility index (Phi) is 6.38. The molecular weight excluding hydrogens is 380 g/mol. The molecular formula is C23H34N4OS. The van der Waals surface area contributed by atoms with Crippen LogP contribution in [-0.4, -0.2) is 47.0 Å². The van der Waals surface area contributed by atoms with Crippen molar-refractivity contribution in [3.63, 3.8) is 0 Å². The fourth-order valence-electron chi connectivity index (χ4n) is 4.50. The van der Waals surface area contributed by atoms with Crippen molar-refractivity contribution in [2.45, 2.75) is 78.1 Å². The number of hydrogen-bond donors (Lipinski definition) is 0. The van der Waals surface area contributed by atoms with E-state index in [0.29, 0.717) is 18.2 Å². The van der Waals surface area contributed by atoms with Crippen molar-refractivity contribution < 1.29 is 4.79 Å². The first-order chi connectivity index (χ1) is 14.1. The molecule has 2 aromatic rings. The highest BCUT2D eigenvalue weighted by atomic mass is 32.1. The van der Waals surface area contributed by atoms with Crippen LogP contribution in [0.3, 0.4) is 0 Å². The second kappa shape index (κ2) is 8.99. The van der Waals surface area contributed by atoms with Crippen molar-refractivity contribution in [1.82, 2.24) is 14.9 Å². The van der Waals surface area contributed by atoms with E-state index in [9.17, 15) is 4.79 Å². The normalized spacial score (nSPS) is 18.6. The van der Waals surface area contributed by atoms with Crippen molar-refractivity contribution in [2.75, 3.05) is 31.1 Å². The number of carbonyl (C=O) groups is 1. The Hall–Kier alpha value is -1.69. The number of amides is 1. The molecule has 1 aliphatic carbocycles. The fraction of sp³-hybridized carbons (Fsp3) is 0.696. The minimum atomic E-state index is 0.296. The number of piperazine rings is 1. The van der Waals surface area contributed by atoms with Crippen LogP contribution in [0.25, 0.3) is 10.2 Å². The highest BCUT2D eigenvalue weighted by Gasteiger charge is 2.27. The van der Waals surface area contributed by atoms with E-state index in [0.717, 1.165) is 57.1 Å². The fourth-order valence-corrected chi connectivity index (χ4v) is 5.77. The first-order valence-corrected chi connectivity index (χ1v) is 12.3. The summed E-state index contributed by atoms with van der Waals surface area (Å²) in [4.78, 5) is 29.6. The lowest BCUT2D eigenvalue weighted by Crippen LogP contribution is -2.49. The molecule has 2 aliphatic rings. The molecule has 0 unspecified atom stereocenters. The Morgan fingerprint density at radius 3 is 2.55 bits per heavy atom. The van der Waals surface area contributed by atoms with Crippen molar-refractivity contribution in [2.24, 2.45) is 0 Å². The molecule has 0 spiro atoms. The van der Waals surface area contributed by atoms with E-state index in [1.54, 1.807) is 0 Å². The summed E-state index contributed by atoms with van der Waals surface area (Å²) >= 11 is 1.90. The molecule has 158 valence electrons. The first-order valence-electron chi connectivity index (χ1n) is 11.5. The predicted octanol–water partition coefficient (Wildman–Crippen LogP) is 4.92. The van der Waals surface area contributed by atoms with Crippen LogP contribution in [0.4, 0.5) is 5.82 Å². The number of thiophene rings is 1. The van der Waals surface area contributed by atoms with E-state index in [2.05, 4.69) is 25.7 Å². The molecule has 2 aromatic heterocycles. The van der Waals surface area contributed by atoms with Crippen molar-refractivity contribution in [3.8, 4) is 0 Å². The molecule has 3 heterocycles. The smallest absolute Gasteiger partial charge is 0.222 e. The molecule has 29 heavy (non-hydrogen) atoms. The van der Waals surface area contributed by atoms with Crippen LogP contribution in [0.5, 0.6) is 0 Å². The topological polar surface area (TPSA) is 49.3 Å². The molecule has 0 saturated carbocycles. The molecule has 0 bridgehead atoms. The second-order valence-corrected chi connectivity index (χ2v) is 9.66. The summed E-state index contributed by atoms with van der Waals surface area (Å²) in [5.41, 5.74) is 1.51. The van der Waals surface area contributed by atoms with Gasteiger partial charge in [0, 0.05) is 43.4 Å². The van der Waals surface area contributed by atoms with Gasteiger partial charge >= 0.3 is 0 Å². The third kappa shape index (κ3) is 4.14. The average molecular weight is 415 g/mol. The summed E-state index contributed by atoms with van der Waals surface area (Å²) in [6.07, 6.45) is 8.86. The number of fused-ring (bicyclic) bond motifs is 3. The largest absolute Gasteiger partial charge is 0.352 e. The highest BCUT2D eigenvalue weighted by molar-refractivity contribution is 7.19. The Labute approximate surface area is 178 Å². The number of rotatable bonds is 5. The third-order valence-corrected chi connectivity index (χ3v) is 7.70. The number of anilines is 1. The second-order valence-electron chi connectivity index (χ2n) is 8.58. The maximum atomic E-state index is 12.3. The van der Waals surface area contributed by atoms with Crippen LogP contribution in [0.15, 0.2) is 0 Å². The number of aromatic nitrogens is 2. The number of aryl methyl sites for hydroxylation is 2. The first kappa shape index (κ1) is 20.6. The lowest BCUT2D eigenvalue weighted by molar-refractivity contribution is -0.131. The molecule has 1 aliphatic heterocycles. The van der Waals surface area contributed by atoms with Crippen molar-refractivity contribution >= 4 is 33.3 Å². The van der Waals surface area contributed by atoms with E-state index < -0.39 is 0 Å². The van der Waals surface area contributed by atoms with Gasteiger partial charge in [-0.05, 0) is 44.1 Å². The van der Waals surface area contributed by atoms with Crippen LogP contribution in [0.2, 0.25) is 0 Å². The van der Waals surface area contributed by atoms with Gasteiger partial charge in [0.15, 0.2) is 0 Å². The van der Waals surface area contributed by atoms with Gasteiger partial charge in [0.1, 0.15) is 16.5 Å². The number of hydrogen-bond acceptors (Lipinski definition) is 5. The standard InChI is InChI=1S/C23H34N4OS/c1-4-9-19(28)26-12-14-27(15-13-26)22-20-17-10-7-6-8-11-18(17)29-23(20)25-21(24-22)16(3)5-2/h16H,4-15H2,1-3H3/t16-/m1/s1. The maximum Gasteiger partial charge on any atom is 0.222 e. The summed E-state index contributed by atoms with van der Waals surface area (Å²) in [6, 6.07) is 0. The number of carbonyl (C=O) groups excluding carboxylic acids is 1. The summed E-state index contributed by atoms with van der Waals surface area (Å²) in [6.45, 7) is 9.85. The van der Waals surface area contributed by atoms with Crippen LogP contribution in [0, 0.1) is 0 Å². The molecule has 4 rings (SSSR count). The molecule has 1 fully saturated rings. The lowest BCUT2D eigenvalue weighted by Gasteiger charge is -2.36. The summed E-state index contributed by atoms with van der Waals surface area (Å²) < 4.78 is 0. The average Bonchev–Trinajstić information content (AvgIpc) is 2.93. The summed E-state index contributed by atoms with van der Waals surface area (Å²) in [5, 5.41) is 1.31. The SMILES string of the molecule is CCCC(=O)N1CCN(c2nc([C@H](C)CC)nc3sc4c(c23)CCCCC4)CC1. The zero-order valence-electron chi connectivity index (χ0n) is 18.2. The van der Waals surface area contributed by atoms with Crippen molar-refractivity contribution in [1.29, 1.82) is 0 Å². The number of nitrogens with zero attached hydrogens (tertiary/aromatic N) is 4. The predicted molar refractivity (Wildman–Crippen MR) is 121 cm³/mol. The molecule has 0 radical (unpaired) electrons. The van der Waals surface area contributed by atoms with Gasteiger partial charge in [-0.25, -0.2) is 9.97 Å². The molecule has 1 amide bonds. The van der Waals surface area contributed by atoms with Crippen LogP contribution >= 0.6 is 11.3 Å². The monoisotopic (exact) mass is 414 g/mol. The van der Waals surface area contributed by atoms with E-state index >= 15 is 0 Å². The quantitative estimate of drug-likeness (QED) is 0.652. The highest BCUT2D eigenvalue weighted by Crippen LogP contribution is 2.40. The van der Waals surface area contributed by atoms with Crippen LogP contribution in [-0.2, 0) is 17.6 Å².